The number of nitrogens with zero attached hydrogens (tertiary/aromatic N) is 4. The maximum atomic E-state index is 12.7. The van der Waals surface area contributed by atoms with Gasteiger partial charge in [0.25, 0.3) is 5.91 Å². The average molecular weight is 464 g/mol. The fourth-order valence-corrected chi connectivity index (χ4v) is 3.51. The SMILES string of the molecule is CCOc1cncc(-c2cnc(C(=O)NC(COC)c3cc(Br)ccn3)s2)n1. The van der Waals surface area contributed by atoms with Crippen molar-refractivity contribution in [3.63, 3.8) is 0 Å². The number of hydrogen-bond donors (Lipinski definition) is 1. The Balaban J connectivity index is 1.76. The van der Waals surface area contributed by atoms with Crippen LogP contribution in [0, 0.1) is 0 Å². The number of carbonyl (C=O) groups excluding carboxylic acids is 1. The number of pyridine rings is 1. The van der Waals surface area contributed by atoms with Crippen molar-refractivity contribution in [1.82, 2.24) is 25.3 Å². The van der Waals surface area contributed by atoms with Crippen LogP contribution >= 0.6 is 27.3 Å². The Morgan fingerprint density at radius 1 is 1.32 bits per heavy atom. The van der Waals surface area contributed by atoms with Gasteiger partial charge in [-0.15, -0.1) is 11.3 Å². The van der Waals surface area contributed by atoms with Crippen LogP contribution in [-0.2, 0) is 4.74 Å². The third-order valence-electron chi connectivity index (χ3n) is 3.60. The summed E-state index contributed by atoms with van der Waals surface area (Å²) >= 11 is 4.64. The highest BCUT2D eigenvalue weighted by Crippen LogP contribution is 2.26. The average Bonchev–Trinajstić information content (AvgIpc) is 3.18. The predicted octanol–water partition coefficient (Wildman–Crippen LogP) is 3.27. The first-order valence-electron chi connectivity index (χ1n) is 8.43. The van der Waals surface area contributed by atoms with Crippen LogP contribution in [0.2, 0.25) is 0 Å². The van der Waals surface area contributed by atoms with E-state index in [1.165, 1.54) is 11.3 Å². The smallest absolute Gasteiger partial charge is 0.280 e. The van der Waals surface area contributed by atoms with Crippen LogP contribution in [0.1, 0.15) is 28.5 Å². The van der Waals surface area contributed by atoms with E-state index in [4.69, 9.17) is 9.47 Å². The van der Waals surface area contributed by atoms with Gasteiger partial charge in [0.1, 0.15) is 5.69 Å². The molecule has 1 unspecified atom stereocenters. The van der Waals surface area contributed by atoms with Gasteiger partial charge < -0.3 is 14.8 Å². The summed E-state index contributed by atoms with van der Waals surface area (Å²) in [6.45, 7) is 2.66. The quantitative estimate of drug-likeness (QED) is 0.546. The Morgan fingerprint density at radius 2 is 2.18 bits per heavy atom. The third kappa shape index (κ3) is 5.09. The molecule has 0 aliphatic heterocycles. The van der Waals surface area contributed by atoms with E-state index < -0.39 is 6.04 Å². The van der Waals surface area contributed by atoms with E-state index >= 15 is 0 Å². The van der Waals surface area contributed by atoms with Crippen LogP contribution in [0.3, 0.4) is 0 Å². The van der Waals surface area contributed by atoms with Gasteiger partial charge in [0.15, 0.2) is 5.01 Å². The summed E-state index contributed by atoms with van der Waals surface area (Å²) < 4.78 is 11.5. The van der Waals surface area contributed by atoms with Crippen LogP contribution in [-0.4, -0.2) is 46.2 Å². The van der Waals surface area contributed by atoms with Crippen molar-refractivity contribution >= 4 is 33.2 Å². The number of amides is 1. The number of aromatic nitrogens is 4. The maximum Gasteiger partial charge on any atom is 0.280 e. The molecule has 3 rings (SSSR count). The summed E-state index contributed by atoms with van der Waals surface area (Å²) in [7, 11) is 1.57. The number of ether oxygens (including phenoxy) is 2. The van der Waals surface area contributed by atoms with Crippen LogP contribution in [0.4, 0.5) is 0 Å². The molecule has 28 heavy (non-hydrogen) atoms. The zero-order valence-corrected chi connectivity index (χ0v) is 17.7. The number of carbonyl (C=O) groups is 1. The number of rotatable bonds is 8. The fraction of sp³-hybridized carbons (Fsp3) is 0.278. The molecule has 3 heterocycles. The minimum absolute atomic E-state index is 0.287. The van der Waals surface area contributed by atoms with Crippen molar-refractivity contribution in [3.05, 3.63) is 52.1 Å². The van der Waals surface area contributed by atoms with Gasteiger partial charge in [-0.1, -0.05) is 15.9 Å². The molecule has 10 heteroatoms. The van der Waals surface area contributed by atoms with Gasteiger partial charge in [0.05, 0.1) is 42.2 Å². The molecule has 0 spiro atoms. The Morgan fingerprint density at radius 3 is 2.93 bits per heavy atom. The summed E-state index contributed by atoms with van der Waals surface area (Å²) in [4.78, 5) is 30.4. The summed E-state index contributed by atoms with van der Waals surface area (Å²) in [5, 5.41) is 3.23. The molecular formula is C18H18BrN5O3S. The lowest BCUT2D eigenvalue weighted by atomic mass is 10.2. The van der Waals surface area contributed by atoms with E-state index in [2.05, 4.69) is 41.2 Å². The predicted molar refractivity (Wildman–Crippen MR) is 108 cm³/mol. The van der Waals surface area contributed by atoms with Gasteiger partial charge in [0.2, 0.25) is 5.88 Å². The van der Waals surface area contributed by atoms with E-state index in [1.807, 2.05) is 19.1 Å². The summed E-state index contributed by atoms with van der Waals surface area (Å²) in [6, 6.07) is 3.26. The van der Waals surface area contributed by atoms with E-state index in [0.29, 0.717) is 28.9 Å². The Hall–Kier alpha value is -2.43. The highest BCUT2D eigenvalue weighted by molar-refractivity contribution is 9.10. The molecule has 0 radical (unpaired) electrons. The van der Waals surface area contributed by atoms with Gasteiger partial charge in [0, 0.05) is 24.0 Å². The largest absolute Gasteiger partial charge is 0.477 e. The first kappa shape index (κ1) is 20.3. The second-order valence-corrected chi connectivity index (χ2v) is 7.53. The van der Waals surface area contributed by atoms with Crippen molar-refractivity contribution in [2.24, 2.45) is 0 Å². The molecule has 0 saturated heterocycles. The molecule has 146 valence electrons. The second-order valence-electron chi connectivity index (χ2n) is 5.59. The van der Waals surface area contributed by atoms with Crippen LogP contribution < -0.4 is 10.1 Å². The summed E-state index contributed by atoms with van der Waals surface area (Å²) in [5.74, 6) is 0.120. The van der Waals surface area contributed by atoms with Crippen molar-refractivity contribution in [1.29, 1.82) is 0 Å². The van der Waals surface area contributed by atoms with Gasteiger partial charge in [-0.25, -0.2) is 9.97 Å². The van der Waals surface area contributed by atoms with Gasteiger partial charge in [-0.05, 0) is 19.1 Å². The molecule has 3 aromatic rings. The van der Waals surface area contributed by atoms with Gasteiger partial charge in [-0.3, -0.25) is 14.8 Å². The Kier molecular flexibility index (Phi) is 7.01. The molecule has 0 aliphatic rings. The maximum absolute atomic E-state index is 12.7. The lowest BCUT2D eigenvalue weighted by molar-refractivity contribution is 0.0894. The van der Waals surface area contributed by atoms with Crippen molar-refractivity contribution in [2.45, 2.75) is 13.0 Å². The van der Waals surface area contributed by atoms with Crippen molar-refractivity contribution in [2.75, 3.05) is 20.3 Å². The molecule has 0 bridgehead atoms. The fourth-order valence-electron chi connectivity index (χ4n) is 2.38. The first-order chi connectivity index (χ1) is 13.6. The number of methoxy groups -OCH3 is 1. The lowest BCUT2D eigenvalue weighted by Gasteiger charge is -2.16. The minimum atomic E-state index is -0.400. The Labute approximate surface area is 174 Å². The van der Waals surface area contributed by atoms with E-state index in [0.717, 1.165) is 9.35 Å². The minimum Gasteiger partial charge on any atom is -0.477 e. The normalized spacial score (nSPS) is 11.8. The topological polar surface area (TPSA) is 99.1 Å². The molecule has 1 N–H and O–H groups in total. The molecule has 1 atom stereocenters. The third-order valence-corrected chi connectivity index (χ3v) is 5.11. The van der Waals surface area contributed by atoms with Gasteiger partial charge in [-0.2, -0.15) is 0 Å². The molecule has 8 nitrogen and oxygen atoms in total. The summed E-state index contributed by atoms with van der Waals surface area (Å²) in [5.41, 5.74) is 1.29. The summed E-state index contributed by atoms with van der Waals surface area (Å²) in [6.07, 6.45) is 6.42. The highest BCUT2D eigenvalue weighted by atomic mass is 79.9. The molecular weight excluding hydrogens is 446 g/mol. The molecule has 0 aromatic carbocycles. The van der Waals surface area contributed by atoms with Gasteiger partial charge >= 0.3 is 0 Å². The molecule has 0 saturated carbocycles. The molecule has 3 aromatic heterocycles. The molecule has 0 aliphatic carbocycles. The standard InChI is InChI=1S/C18H18BrN5O3S/c1-3-27-16-9-20-7-13(23-16)15-8-22-18(28-15)17(25)24-14(10-26-2)12-6-11(19)4-5-21-12/h4-9,14H,3,10H2,1-2H3,(H,24,25). The van der Waals surface area contributed by atoms with Crippen molar-refractivity contribution < 1.29 is 14.3 Å². The van der Waals surface area contributed by atoms with E-state index in [9.17, 15) is 4.79 Å². The van der Waals surface area contributed by atoms with E-state index in [1.54, 1.807) is 31.9 Å². The van der Waals surface area contributed by atoms with Crippen molar-refractivity contribution in [3.8, 4) is 16.5 Å². The van der Waals surface area contributed by atoms with E-state index in [-0.39, 0.29) is 12.5 Å². The lowest BCUT2D eigenvalue weighted by Crippen LogP contribution is -2.31. The van der Waals surface area contributed by atoms with Crippen LogP contribution in [0.5, 0.6) is 5.88 Å². The monoisotopic (exact) mass is 463 g/mol. The molecule has 1 amide bonds. The molecule has 0 fully saturated rings. The zero-order valence-electron chi connectivity index (χ0n) is 15.3. The zero-order chi connectivity index (χ0) is 19.9. The number of hydrogen-bond acceptors (Lipinski definition) is 8. The number of thiazole rings is 1. The first-order valence-corrected chi connectivity index (χ1v) is 10.0. The highest BCUT2D eigenvalue weighted by Gasteiger charge is 2.20. The second kappa shape index (κ2) is 9.67. The van der Waals surface area contributed by atoms with Crippen LogP contribution in [0.15, 0.2) is 41.4 Å². The number of nitrogens with one attached hydrogen (secondary N) is 1. The number of halogens is 1. The van der Waals surface area contributed by atoms with Crippen LogP contribution in [0.25, 0.3) is 10.6 Å². The Bertz CT molecular complexity index is 952.